The van der Waals surface area contributed by atoms with Gasteiger partial charge in [0.05, 0.1) is 0 Å². The minimum absolute atomic E-state index is 0.585. The lowest BCUT2D eigenvalue weighted by Gasteiger charge is -2.59. The van der Waals surface area contributed by atoms with Crippen LogP contribution in [0.15, 0.2) is 5.10 Å². The van der Waals surface area contributed by atoms with Crippen LogP contribution in [-0.2, 0) is 0 Å². The first-order valence-electron chi connectivity index (χ1n) is 5.73. The highest BCUT2D eigenvalue weighted by Gasteiger charge is 2.53. The zero-order valence-corrected chi connectivity index (χ0v) is 9.83. The van der Waals surface area contributed by atoms with Crippen molar-refractivity contribution in [2.75, 3.05) is 14.1 Å². The molecule has 0 radical (unpaired) electrons. The van der Waals surface area contributed by atoms with Gasteiger partial charge in [-0.15, -0.1) is 0 Å². The Balaban J connectivity index is 2.01. The summed E-state index contributed by atoms with van der Waals surface area (Å²) in [5.41, 5.74) is 0.585. The normalized spacial score (nSPS) is 39.6. The molecule has 3 atom stereocenters. The van der Waals surface area contributed by atoms with Crippen LogP contribution in [0.2, 0.25) is 0 Å². The van der Waals surface area contributed by atoms with Gasteiger partial charge in [0, 0.05) is 20.3 Å². The van der Waals surface area contributed by atoms with Crippen molar-refractivity contribution >= 4 is 6.21 Å². The van der Waals surface area contributed by atoms with Gasteiger partial charge in [0.25, 0.3) is 0 Å². The lowest BCUT2D eigenvalue weighted by atomic mass is 9.46. The minimum Gasteiger partial charge on any atom is -0.303 e. The third-order valence-electron chi connectivity index (χ3n) is 4.40. The van der Waals surface area contributed by atoms with Crippen molar-refractivity contribution in [2.45, 2.75) is 33.1 Å². The molecular weight excluding hydrogens is 172 g/mol. The zero-order chi connectivity index (χ0) is 10.3. The van der Waals surface area contributed by atoms with Gasteiger partial charge >= 0.3 is 0 Å². The topological polar surface area (TPSA) is 15.6 Å². The highest BCUT2D eigenvalue weighted by Crippen LogP contribution is 2.60. The molecule has 2 heteroatoms. The van der Waals surface area contributed by atoms with Gasteiger partial charge in [-0.3, -0.25) is 0 Å². The van der Waals surface area contributed by atoms with Crippen LogP contribution in [-0.4, -0.2) is 25.3 Å². The van der Waals surface area contributed by atoms with Crippen LogP contribution in [0.5, 0.6) is 0 Å². The number of fused-ring (bicyclic) bond motifs is 2. The van der Waals surface area contributed by atoms with Crippen molar-refractivity contribution in [3.05, 3.63) is 0 Å². The molecule has 3 aliphatic carbocycles. The summed E-state index contributed by atoms with van der Waals surface area (Å²) in [6, 6.07) is 0. The fourth-order valence-corrected chi connectivity index (χ4v) is 3.26. The molecular formula is C12H22N2. The first-order valence-corrected chi connectivity index (χ1v) is 5.73. The van der Waals surface area contributed by atoms with E-state index in [1.807, 2.05) is 19.1 Å². The predicted octanol–water partition coefficient (Wildman–Crippen LogP) is 2.61. The molecule has 3 aliphatic rings. The summed E-state index contributed by atoms with van der Waals surface area (Å²) in [6.07, 6.45) is 6.39. The quantitative estimate of drug-likeness (QED) is 0.487. The summed E-state index contributed by atoms with van der Waals surface area (Å²) >= 11 is 0. The summed E-state index contributed by atoms with van der Waals surface area (Å²) in [7, 11) is 3.99. The van der Waals surface area contributed by atoms with Crippen LogP contribution in [0.4, 0.5) is 0 Å². The van der Waals surface area contributed by atoms with Crippen molar-refractivity contribution < 1.29 is 0 Å². The van der Waals surface area contributed by atoms with Crippen LogP contribution in [0, 0.1) is 23.2 Å². The molecule has 0 aromatic heterocycles. The first-order chi connectivity index (χ1) is 6.51. The molecule has 0 spiro atoms. The fraction of sp³-hybridized carbons (Fsp3) is 0.917. The Bertz CT molecular complexity index is 241. The van der Waals surface area contributed by atoms with E-state index in [0.29, 0.717) is 5.41 Å². The number of hydrogen-bond acceptors (Lipinski definition) is 2. The summed E-state index contributed by atoms with van der Waals surface area (Å²) < 4.78 is 0. The number of hydrogen-bond donors (Lipinski definition) is 0. The molecule has 2 bridgehead atoms. The van der Waals surface area contributed by atoms with Crippen molar-refractivity contribution in [1.82, 2.24) is 5.01 Å². The van der Waals surface area contributed by atoms with E-state index in [2.05, 4.69) is 25.2 Å². The Kier molecular flexibility index (Phi) is 2.32. The van der Waals surface area contributed by atoms with E-state index in [4.69, 9.17) is 0 Å². The Labute approximate surface area is 87.4 Å². The molecule has 0 saturated heterocycles. The second kappa shape index (κ2) is 3.25. The fourth-order valence-electron chi connectivity index (χ4n) is 3.26. The smallest absolute Gasteiger partial charge is 0.0278 e. The molecule has 3 rings (SSSR count). The summed E-state index contributed by atoms with van der Waals surface area (Å²) in [4.78, 5) is 0. The standard InChI is InChI=1S/C12H22N2/c1-12(2)10-6-5-9(11(12)7-10)8-13-14(3)4/h8-11H,5-7H2,1-4H3/b13-8+/t9-,10-,11-/m0/s1. The molecule has 3 fully saturated rings. The molecule has 0 unspecified atom stereocenters. The van der Waals surface area contributed by atoms with E-state index in [1.165, 1.54) is 19.3 Å². The van der Waals surface area contributed by atoms with E-state index in [9.17, 15) is 0 Å². The first kappa shape index (κ1) is 10.0. The van der Waals surface area contributed by atoms with Crippen LogP contribution in [0.3, 0.4) is 0 Å². The molecule has 0 N–H and O–H groups in total. The number of nitrogens with zero attached hydrogens (tertiary/aromatic N) is 2. The average Bonchev–Trinajstić information content (AvgIpc) is 2.14. The number of rotatable bonds is 2. The Hall–Kier alpha value is -0.530. The second-order valence-electron chi connectivity index (χ2n) is 5.71. The Morgan fingerprint density at radius 3 is 2.50 bits per heavy atom. The van der Waals surface area contributed by atoms with Crippen LogP contribution in [0.1, 0.15) is 33.1 Å². The second-order valence-corrected chi connectivity index (χ2v) is 5.71. The van der Waals surface area contributed by atoms with E-state index in [-0.39, 0.29) is 0 Å². The van der Waals surface area contributed by atoms with E-state index in [0.717, 1.165) is 17.8 Å². The van der Waals surface area contributed by atoms with Gasteiger partial charge in [0.15, 0.2) is 0 Å². The van der Waals surface area contributed by atoms with Crippen LogP contribution in [0.25, 0.3) is 0 Å². The minimum atomic E-state index is 0.585. The molecule has 0 aromatic carbocycles. The average molecular weight is 194 g/mol. The molecule has 80 valence electrons. The van der Waals surface area contributed by atoms with E-state index < -0.39 is 0 Å². The lowest BCUT2D eigenvalue weighted by molar-refractivity contribution is -0.0838. The molecule has 3 saturated carbocycles. The van der Waals surface area contributed by atoms with Crippen molar-refractivity contribution in [3.63, 3.8) is 0 Å². The van der Waals surface area contributed by atoms with Gasteiger partial charge in [0.2, 0.25) is 0 Å². The highest BCUT2D eigenvalue weighted by atomic mass is 15.4. The van der Waals surface area contributed by atoms with Gasteiger partial charge in [-0.05, 0) is 42.4 Å². The van der Waals surface area contributed by atoms with Gasteiger partial charge in [0.1, 0.15) is 0 Å². The highest BCUT2D eigenvalue weighted by molar-refractivity contribution is 5.61. The monoisotopic (exact) mass is 194 g/mol. The molecule has 0 aliphatic heterocycles. The van der Waals surface area contributed by atoms with Gasteiger partial charge in [-0.1, -0.05) is 13.8 Å². The molecule has 0 amide bonds. The van der Waals surface area contributed by atoms with E-state index >= 15 is 0 Å². The van der Waals surface area contributed by atoms with Crippen LogP contribution < -0.4 is 0 Å². The summed E-state index contributed by atoms with van der Waals surface area (Å²) in [5, 5.41) is 6.30. The number of hydrazone groups is 1. The maximum Gasteiger partial charge on any atom is 0.0278 e. The van der Waals surface area contributed by atoms with Crippen molar-refractivity contribution in [1.29, 1.82) is 0 Å². The maximum atomic E-state index is 4.40. The molecule has 0 aromatic rings. The molecule has 0 heterocycles. The van der Waals surface area contributed by atoms with Crippen LogP contribution >= 0.6 is 0 Å². The Morgan fingerprint density at radius 1 is 1.29 bits per heavy atom. The van der Waals surface area contributed by atoms with Gasteiger partial charge in [-0.25, -0.2) is 0 Å². The summed E-state index contributed by atoms with van der Waals surface area (Å²) in [5.74, 6) is 2.62. The van der Waals surface area contributed by atoms with Gasteiger partial charge < -0.3 is 5.01 Å². The lowest BCUT2D eigenvalue weighted by Crippen LogP contribution is -2.52. The van der Waals surface area contributed by atoms with Crippen molar-refractivity contribution in [3.8, 4) is 0 Å². The molecule has 2 nitrogen and oxygen atoms in total. The largest absolute Gasteiger partial charge is 0.303 e. The third kappa shape index (κ3) is 1.45. The predicted molar refractivity (Wildman–Crippen MR) is 60.3 cm³/mol. The van der Waals surface area contributed by atoms with Gasteiger partial charge in [-0.2, -0.15) is 5.10 Å². The van der Waals surface area contributed by atoms with E-state index in [1.54, 1.807) is 0 Å². The maximum absolute atomic E-state index is 4.40. The third-order valence-corrected chi connectivity index (χ3v) is 4.40. The summed E-state index contributed by atoms with van der Waals surface area (Å²) in [6.45, 7) is 4.86. The van der Waals surface area contributed by atoms with Crippen molar-refractivity contribution in [2.24, 2.45) is 28.3 Å². The SMILES string of the molecule is CN(C)/N=C/[C@@H]1CC[C@H]2C[C@@H]1C2(C)C. The Morgan fingerprint density at radius 2 is 2.00 bits per heavy atom. The zero-order valence-electron chi connectivity index (χ0n) is 9.83. The molecule has 14 heavy (non-hydrogen) atoms.